The topological polar surface area (TPSA) is 52.5 Å². The summed E-state index contributed by atoms with van der Waals surface area (Å²) >= 11 is 0. The van der Waals surface area contributed by atoms with Crippen LogP contribution in [-0.4, -0.2) is 16.8 Å². The number of hydrogen-bond acceptors (Lipinski definition) is 3. The molecule has 0 aliphatic heterocycles. The lowest BCUT2D eigenvalue weighted by molar-refractivity contribution is 0.445. The van der Waals surface area contributed by atoms with Crippen LogP contribution in [0.2, 0.25) is 0 Å². The van der Waals surface area contributed by atoms with Crippen molar-refractivity contribution in [2.24, 2.45) is 0 Å². The minimum absolute atomic E-state index is 0.116. The van der Waals surface area contributed by atoms with Crippen LogP contribution in [0.1, 0.15) is 76.8 Å². The molecule has 0 radical (unpaired) electrons. The Labute approximate surface area is 129 Å². The van der Waals surface area contributed by atoms with Crippen molar-refractivity contribution in [1.82, 2.24) is 5.32 Å². The largest absolute Gasteiger partial charge is 0.508 e. The number of unbranched alkanes of at least 4 members (excludes halogenated alkanes) is 7. The smallest absolute Gasteiger partial charge is 0.119 e. The van der Waals surface area contributed by atoms with Gasteiger partial charge in [-0.25, -0.2) is 0 Å². The monoisotopic (exact) mass is 293 g/mol. The lowest BCUT2D eigenvalue weighted by Gasteiger charge is -2.15. The zero-order valence-electron chi connectivity index (χ0n) is 13.6. The minimum atomic E-state index is 0.116. The van der Waals surface area contributed by atoms with Gasteiger partial charge in [-0.05, 0) is 37.6 Å². The maximum Gasteiger partial charge on any atom is 0.119 e. The number of rotatable bonds is 11. The highest BCUT2D eigenvalue weighted by Gasteiger charge is 2.07. The van der Waals surface area contributed by atoms with Crippen molar-refractivity contribution in [2.75, 3.05) is 6.54 Å². The van der Waals surface area contributed by atoms with Gasteiger partial charge in [0.05, 0.1) is 0 Å². The van der Waals surface area contributed by atoms with E-state index >= 15 is 0 Å². The Kier molecular flexibility index (Phi) is 8.91. The maximum atomic E-state index is 9.49. The van der Waals surface area contributed by atoms with E-state index in [2.05, 4.69) is 19.2 Å². The summed E-state index contributed by atoms with van der Waals surface area (Å²) in [5.74, 6) is 0.233. The van der Waals surface area contributed by atoms with Gasteiger partial charge in [-0.2, -0.15) is 0 Å². The predicted octanol–water partition coefficient (Wildman–Crippen LogP) is 4.89. The molecule has 0 saturated heterocycles. The van der Waals surface area contributed by atoms with Crippen LogP contribution in [0.4, 0.5) is 0 Å². The van der Waals surface area contributed by atoms with E-state index in [-0.39, 0.29) is 17.5 Å². The molecule has 1 atom stereocenters. The number of hydrogen-bond donors (Lipinski definition) is 3. The normalized spacial score (nSPS) is 12.5. The molecule has 0 spiro atoms. The van der Waals surface area contributed by atoms with Gasteiger partial charge in [0, 0.05) is 12.1 Å². The SMILES string of the molecule is CCCCCCCCCCNC(C)c1cc(O)cc(O)c1. The lowest BCUT2D eigenvalue weighted by Crippen LogP contribution is -2.19. The summed E-state index contributed by atoms with van der Waals surface area (Å²) < 4.78 is 0. The van der Waals surface area contributed by atoms with E-state index in [0.29, 0.717) is 0 Å². The molecule has 3 heteroatoms. The van der Waals surface area contributed by atoms with Crippen LogP contribution >= 0.6 is 0 Å². The molecule has 3 nitrogen and oxygen atoms in total. The average molecular weight is 293 g/mol. The summed E-state index contributed by atoms with van der Waals surface area (Å²) in [6.45, 7) is 5.28. The van der Waals surface area contributed by atoms with Gasteiger partial charge in [0.25, 0.3) is 0 Å². The van der Waals surface area contributed by atoms with Crippen LogP contribution in [0.5, 0.6) is 11.5 Å². The second kappa shape index (κ2) is 10.5. The van der Waals surface area contributed by atoms with Crippen molar-refractivity contribution in [2.45, 2.75) is 71.3 Å². The summed E-state index contributed by atoms with van der Waals surface area (Å²) in [5, 5.41) is 22.4. The molecule has 1 aromatic rings. The first-order valence-corrected chi connectivity index (χ1v) is 8.39. The molecule has 120 valence electrons. The second-order valence-corrected chi connectivity index (χ2v) is 5.93. The molecule has 0 fully saturated rings. The molecule has 0 heterocycles. The molecule has 1 unspecified atom stereocenters. The van der Waals surface area contributed by atoms with Crippen LogP contribution in [-0.2, 0) is 0 Å². The van der Waals surface area contributed by atoms with Crippen LogP contribution in [0.25, 0.3) is 0 Å². The molecule has 0 aliphatic carbocycles. The molecule has 1 aromatic carbocycles. The summed E-state index contributed by atoms with van der Waals surface area (Å²) in [4.78, 5) is 0. The first kappa shape index (κ1) is 17.8. The van der Waals surface area contributed by atoms with E-state index in [4.69, 9.17) is 0 Å². The lowest BCUT2D eigenvalue weighted by atomic mass is 10.1. The quantitative estimate of drug-likeness (QED) is 0.509. The van der Waals surface area contributed by atoms with Gasteiger partial charge in [0.15, 0.2) is 0 Å². The Morgan fingerprint density at radius 3 is 1.95 bits per heavy atom. The van der Waals surface area contributed by atoms with Crippen molar-refractivity contribution < 1.29 is 10.2 Å². The zero-order chi connectivity index (χ0) is 15.5. The fourth-order valence-corrected chi connectivity index (χ4v) is 2.56. The molecule has 21 heavy (non-hydrogen) atoms. The maximum absolute atomic E-state index is 9.49. The fourth-order valence-electron chi connectivity index (χ4n) is 2.56. The van der Waals surface area contributed by atoms with Crippen LogP contribution in [0.15, 0.2) is 18.2 Å². The van der Waals surface area contributed by atoms with Crippen LogP contribution in [0.3, 0.4) is 0 Å². The summed E-state index contributed by atoms with van der Waals surface area (Å²) in [7, 11) is 0. The first-order chi connectivity index (χ1) is 10.1. The van der Waals surface area contributed by atoms with Crippen molar-refractivity contribution in [3.8, 4) is 11.5 Å². The Morgan fingerprint density at radius 1 is 0.857 bits per heavy atom. The first-order valence-electron chi connectivity index (χ1n) is 8.39. The van der Waals surface area contributed by atoms with Gasteiger partial charge in [-0.1, -0.05) is 51.9 Å². The third kappa shape index (κ3) is 7.96. The molecule has 0 saturated carbocycles. The highest BCUT2D eigenvalue weighted by atomic mass is 16.3. The van der Waals surface area contributed by atoms with Gasteiger partial charge >= 0.3 is 0 Å². The molecule has 0 bridgehead atoms. The van der Waals surface area contributed by atoms with Gasteiger partial charge in [0.2, 0.25) is 0 Å². The van der Waals surface area contributed by atoms with Crippen molar-refractivity contribution >= 4 is 0 Å². The average Bonchev–Trinajstić information content (AvgIpc) is 2.44. The van der Waals surface area contributed by atoms with Gasteiger partial charge < -0.3 is 15.5 Å². The second-order valence-electron chi connectivity index (χ2n) is 5.93. The van der Waals surface area contributed by atoms with Crippen molar-refractivity contribution in [1.29, 1.82) is 0 Å². The Morgan fingerprint density at radius 2 is 1.38 bits per heavy atom. The molecule has 3 N–H and O–H groups in total. The highest BCUT2D eigenvalue weighted by Crippen LogP contribution is 2.24. The molecular weight excluding hydrogens is 262 g/mol. The Bertz CT molecular complexity index is 373. The fraction of sp³-hybridized carbons (Fsp3) is 0.667. The Hall–Kier alpha value is -1.22. The standard InChI is InChI=1S/C18H31NO2/c1-3-4-5-6-7-8-9-10-11-19-15(2)16-12-17(20)14-18(21)13-16/h12-15,19-21H,3-11H2,1-2H3. The predicted molar refractivity (Wildman–Crippen MR) is 88.8 cm³/mol. The van der Waals surface area contributed by atoms with Crippen LogP contribution in [0, 0.1) is 0 Å². The highest BCUT2D eigenvalue weighted by molar-refractivity contribution is 5.37. The summed E-state index contributed by atoms with van der Waals surface area (Å²) in [6, 6.07) is 4.90. The molecule has 0 aliphatic rings. The van der Waals surface area contributed by atoms with E-state index in [9.17, 15) is 10.2 Å². The third-order valence-corrected chi connectivity index (χ3v) is 3.91. The van der Waals surface area contributed by atoms with E-state index in [1.807, 2.05) is 0 Å². The van der Waals surface area contributed by atoms with E-state index in [1.165, 1.54) is 57.4 Å². The molecular formula is C18H31NO2. The molecule has 0 aromatic heterocycles. The number of nitrogens with one attached hydrogen (secondary N) is 1. The number of benzene rings is 1. The van der Waals surface area contributed by atoms with E-state index < -0.39 is 0 Å². The van der Waals surface area contributed by atoms with Gasteiger partial charge in [-0.3, -0.25) is 0 Å². The number of phenols is 2. The summed E-state index contributed by atoms with van der Waals surface area (Å²) in [6.07, 6.45) is 10.6. The Balaban J connectivity index is 2.09. The van der Waals surface area contributed by atoms with Crippen molar-refractivity contribution in [3.63, 3.8) is 0 Å². The summed E-state index contributed by atoms with van der Waals surface area (Å²) in [5.41, 5.74) is 0.923. The van der Waals surface area contributed by atoms with E-state index in [0.717, 1.165) is 12.1 Å². The van der Waals surface area contributed by atoms with Crippen molar-refractivity contribution in [3.05, 3.63) is 23.8 Å². The van der Waals surface area contributed by atoms with E-state index in [1.54, 1.807) is 12.1 Å². The van der Waals surface area contributed by atoms with Gasteiger partial charge in [-0.15, -0.1) is 0 Å². The van der Waals surface area contributed by atoms with Crippen LogP contribution < -0.4 is 5.32 Å². The number of aromatic hydroxyl groups is 2. The number of phenolic OH excluding ortho intramolecular Hbond substituents is 2. The van der Waals surface area contributed by atoms with Gasteiger partial charge in [0.1, 0.15) is 11.5 Å². The minimum Gasteiger partial charge on any atom is -0.508 e. The zero-order valence-corrected chi connectivity index (χ0v) is 13.6. The molecule has 1 rings (SSSR count). The third-order valence-electron chi connectivity index (χ3n) is 3.91. The molecule has 0 amide bonds.